The van der Waals surface area contributed by atoms with E-state index in [0.29, 0.717) is 6.61 Å². The van der Waals surface area contributed by atoms with Gasteiger partial charge in [0.2, 0.25) is 0 Å². The molecule has 1 aromatic heterocycles. The monoisotopic (exact) mass is 279 g/mol. The third-order valence-electron chi connectivity index (χ3n) is 4.64. The molecule has 2 aliphatic heterocycles. The number of ether oxygens (including phenoxy) is 1. The number of hydrogen-bond acceptors (Lipinski definition) is 5. The third-order valence-corrected chi connectivity index (χ3v) is 4.64. The molecule has 0 aromatic carbocycles. The molecule has 0 saturated carbocycles. The van der Waals surface area contributed by atoms with Gasteiger partial charge >= 0.3 is 6.09 Å². The van der Waals surface area contributed by atoms with Crippen LogP contribution in [0.15, 0.2) is 4.52 Å². The molecule has 1 aromatic rings. The molecule has 2 saturated heterocycles. The molecule has 20 heavy (non-hydrogen) atoms. The molecule has 0 N–H and O–H groups in total. The Balaban J connectivity index is 1.76. The molecule has 0 bridgehead atoms. The fraction of sp³-hybridized carbons (Fsp3) is 0.714. The van der Waals surface area contributed by atoms with Gasteiger partial charge in [-0.3, -0.25) is 9.80 Å². The van der Waals surface area contributed by atoms with Gasteiger partial charge in [0.1, 0.15) is 12.4 Å². The molecule has 0 aliphatic carbocycles. The first kappa shape index (κ1) is 13.4. The number of amides is 1. The molecule has 3 heterocycles. The first-order valence-corrected chi connectivity index (χ1v) is 7.14. The van der Waals surface area contributed by atoms with Crippen molar-refractivity contribution in [1.82, 2.24) is 15.0 Å². The van der Waals surface area contributed by atoms with E-state index >= 15 is 0 Å². The van der Waals surface area contributed by atoms with Gasteiger partial charge in [-0.25, -0.2) is 4.79 Å². The van der Waals surface area contributed by atoms with E-state index in [1.165, 1.54) is 0 Å². The molecule has 6 nitrogen and oxygen atoms in total. The Labute approximate surface area is 118 Å². The van der Waals surface area contributed by atoms with Crippen LogP contribution in [0.5, 0.6) is 0 Å². The molecule has 6 heteroatoms. The summed E-state index contributed by atoms with van der Waals surface area (Å²) in [6.07, 6.45) is 0.750. The van der Waals surface area contributed by atoms with Gasteiger partial charge in [-0.1, -0.05) is 12.1 Å². The van der Waals surface area contributed by atoms with Crippen molar-refractivity contribution < 1.29 is 14.1 Å². The van der Waals surface area contributed by atoms with Crippen LogP contribution in [0.1, 0.15) is 30.4 Å². The van der Waals surface area contributed by atoms with Crippen LogP contribution >= 0.6 is 0 Å². The molecule has 1 unspecified atom stereocenters. The summed E-state index contributed by atoms with van der Waals surface area (Å²) in [5.74, 6) is 0.884. The van der Waals surface area contributed by atoms with Gasteiger partial charge in [-0.05, 0) is 20.3 Å². The number of fused-ring (bicyclic) bond motifs is 1. The second-order valence-electron chi connectivity index (χ2n) is 5.80. The van der Waals surface area contributed by atoms with Crippen molar-refractivity contribution in [3.8, 4) is 0 Å². The van der Waals surface area contributed by atoms with Crippen LogP contribution in [0.25, 0.3) is 0 Å². The van der Waals surface area contributed by atoms with E-state index in [-0.39, 0.29) is 11.6 Å². The molecule has 110 valence electrons. The summed E-state index contributed by atoms with van der Waals surface area (Å²) in [4.78, 5) is 16.0. The minimum absolute atomic E-state index is 0.158. The average Bonchev–Trinajstić information content (AvgIpc) is 2.94. The lowest BCUT2D eigenvalue weighted by atomic mass is 9.92. The highest BCUT2D eigenvalue weighted by atomic mass is 16.6. The number of aryl methyl sites for hydroxylation is 2. The summed E-state index contributed by atoms with van der Waals surface area (Å²) >= 11 is 0. The minimum Gasteiger partial charge on any atom is -0.447 e. The van der Waals surface area contributed by atoms with Crippen molar-refractivity contribution in [2.24, 2.45) is 0 Å². The Morgan fingerprint density at radius 3 is 2.80 bits per heavy atom. The summed E-state index contributed by atoms with van der Waals surface area (Å²) in [5, 5.41) is 4.01. The fourth-order valence-corrected chi connectivity index (χ4v) is 3.23. The Kier molecular flexibility index (Phi) is 3.20. The number of rotatable bonds is 3. The molecule has 1 atom stereocenters. The lowest BCUT2D eigenvalue weighted by Gasteiger charge is -2.44. The second kappa shape index (κ2) is 4.77. The zero-order chi connectivity index (χ0) is 14.3. The Bertz CT molecular complexity index is 508. The van der Waals surface area contributed by atoms with Gasteiger partial charge < -0.3 is 9.26 Å². The lowest BCUT2D eigenvalue weighted by molar-refractivity contribution is 0.0446. The number of aromatic nitrogens is 1. The predicted molar refractivity (Wildman–Crippen MR) is 72.3 cm³/mol. The average molecular weight is 279 g/mol. The second-order valence-corrected chi connectivity index (χ2v) is 5.80. The van der Waals surface area contributed by atoms with Crippen LogP contribution in [-0.4, -0.2) is 52.8 Å². The van der Waals surface area contributed by atoms with Crippen LogP contribution in [-0.2, 0) is 11.3 Å². The van der Waals surface area contributed by atoms with E-state index in [1.54, 1.807) is 0 Å². The predicted octanol–water partition coefficient (Wildman–Crippen LogP) is 1.71. The van der Waals surface area contributed by atoms with Gasteiger partial charge in [-0.15, -0.1) is 0 Å². The van der Waals surface area contributed by atoms with Crippen molar-refractivity contribution >= 4 is 6.09 Å². The molecule has 2 fully saturated rings. The number of cyclic esters (lactones) is 1. The van der Waals surface area contributed by atoms with E-state index in [9.17, 15) is 4.79 Å². The standard InChI is InChI=1S/C14H21N3O3/c1-4-14-8-16(5-6-17(14)13(18)19-9-14)7-12-10(2)15-20-11(12)3/h4-9H2,1-3H3. The van der Waals surface area contributed by atoms with Crippen LogP contribution in [0.2, 0.25) is 0 Å². The van der Waals surface area contributed by atoms with Crippen molar-refractivity contribution in [2.75, 3.05) is 26.2 Å². The molecular weight excluding hydrogens is 258 g/mol. The van der Waals surface area contributed by atoms with Crippen LogP contribution < -0.4 is 0 Å². The third kappa shape index (κ3) is 1.98. The van der Waals surface area contributed by atoms with Crippen LogP contribution in [0.4, 0.5) is 4.79 Å². The van der Waals surface area contributed by atoms with Gasteiger partial charge in [0.05, 0.1) is 11.2 Å². The van der Waals surface area contributed by atoms with E-state index in [2.05, 4.69) is 17.0 Å². The Morgan fingerprint density at radius 1 is 1.35 bits per heavy atom. The van der Waals surface area contributed by atoms with Crippen molar-refractivity contribution in [3.05, 3.63) is 17.0 Å². The summed E-state index contributed by atoms with van der Waals surface area (Å²) in [7, 11) is 0. The number of carbonyl (C=O) groups is 1. The molecule has 1 amide bonds. The lowest BCUT2D eigenvalue weighted by Crippen LogP contribution is -2.60. The molecule has 0 radical (unpaired) electrons. The van der Waals surface area contributed by atoms with Crippen molar-refractivity contribution in [3.63, 3.8) is 0 Å². The van der Waals surface area contributed by atoms with Gasteiger partial charge in [0.25, 0.3) is 0 Å². The molecule has 0 spiro atoms. The Morgan fingerprint density at radius 2 is 2.15 bits per heavy atom. The van der Waals surface area contributed by atoms with Gasteiger partial charge in [0.15, 0.2) is 0 Å². The summed E-state index contributed by atoms with van der Waals surface area (Å²) in [5.41, 5.74) is 1.96. The van der Waals surface area contributed by atoms with Crippen LogP contribution in [0, 0.1) is 13.8 Å². The maximum Gasteiger partial charge on any atom is 0.410 e. The van der Waals surface area contributed by atoms with Crippen LogP contribution in [0.3, 0.4) is 0 Å². The maximum absolute atomic E-state index is 11.8. The summed E-state index contributed by atoms with van der Waals surface area (Å²) < 4.78 is 10.5. The number of hydrogen-bond donors (Lipinski definition) is 0. The first-order chi connectivity index (χ1) is 9.55. The zero-order valence-electron chi connectivity index (χ0n) is 12.3. The first-order valence-electron chi connectivity index (χ1n) is 7.14. The highest BCUT2D eigenvalue weighted by Crippen LogP contribution is 2.32. The number of carbonyl (C=O) groups excluding carboxylic acids is 1. The Hall–Kier alpha value is -1.56. The summed E-state index contributed by atoms with van der Waals surface area (Å²) in [6, 6.07) is 0. The SMILES string of the molecule is CCC12COC(=O)N1CCN(Cc1c(C)noc1C)C2. The van der Waals surface area contributed by atoms with E-state index in [0.717, 1.165) is 49.6 Å². The van der Waals surface area contributed by atoms with E-state index < -0.39 is 0 Å². The largest absolute Gasteiger partial charge is 0.447 e. The topological polar surface area (TPSA) is 58.8 Å². The van der Waals surface area contributed by atoms with Crippen molar-refractivity contribution in [1.29, 1.82) is 0 Å². The van der Waals surface area contributed by atoms with E-state index in [1.807, 2.05) is 18.7 Å². The number of nitrogens with zero attached hydrogens (tertiary/aromatic N) is 3. The molecule has 3 rings (SSSR count). The normalized spacial score (nSPS) is 26.8. The smallest absolute Gasteiger partial charge is 0.410 e. The highest BCUT2D eigenvalue weighted by Gasteiger charge is 2.49. The molecule has 2 aliphatic rings. The van der Waals surface area contributed by atoms with Gasteiger partial charge in [0, 0.05) is 31.7 Å². The van der Waals surface area contributed by atoms with Gasteiger partial charge in [-0.2, -0.15) is 0 Å². The van der Waals surface area contributed by atoms with Crippen molar-refractivity contribution in [2.45, 2.75) is 39.3 Å². The van der Waals surface area contributed by atoms with E-state index in [4.69, 9.17) is 9.26 Å². The fourth-order valence-electron chi connectivity index (χ4n) is 3.23. The zero-order valence-corrected chi connectivity index (χ0v) is 12.3. The molecular formula is C14H21N3O3. The number of piperazine rings is 1. The summed E-state index contributed by atoms with van der Waals surface area (Å²) in [6.45, 7) is 9.80. The quantitative estimate of drug-likeness (QED) is 0.843. The maximum atomic E-state index is 11.8. The highest BCUT2D eigenvalue weighted by molar-refractivity contribution is 5.71. The minimum atomic E-state index is -0.163.